The molecular weight excluding hydrogens is 328 g/mol. The first-order chi connectivity index (χ1) is 12.6. The van der Waals surface area contributed by atoms with Crippen LogP contribution in [-0.4, -0.2) is 30.5 Å². The maximum absolute atomic E-state index is 12.0. The molecule has 0 bridgehead atoms. The lowest BCUT2D eigenvalue weighted by molar-refractivity contribution is -0.116. The summed E-state index contributed by atoms with van der Waals surface area (Å²) in [6.07, 6.45) is 6.41. The van der Waals surface area contributed by atoms with Gasteiger partial charge in [0.2, 0.25) is 0 Å². The van der Waals surface area contributed by atoms with Crippen LogP contribution in [0.15, 0.2) is 52.8 Å². The number of nitrogens with two attached hydrogens (primary N) is 1. The van der Waals surface area contributed by atoms with Crippen LogP contribution in [0.4, 0.5) is 5.69 Å². The molecule has 0 atom stereocenters. The van der Waals surface area contributed by atoms with Crippen molar-refractivity contribution in [3.63, 3.8) is 0 Å². The Balaban J connectivity index is 0.000000758. The zero-order chi connectivity index (χ0) is 18.9. The van der Waals surface area contributed by atoms with Gasteiger partial charge in [0.1, 0.15) is 0 Å². The van der Waals surface area contributed by atoms with Crippen LogP contribution in [0, 0.1) is 11.3 Å². The highest BCUT2D eigenvalue weighted by Gasteiger charge is 2.26. The number of aromatic nitrogens is 1. The lowest BCUT2D eigenvalue weighted by Crippen LogP contribution is -2.22. The van der Waals surface area contributed by atoms with Gasteiger partial charge in [0, 0.05) is 18.6 Å². The van der Waals surface area contributed by atoms with Crippen LogP contribution in [0.25, 0.3) is 10.9 Å². The van der Waals surface area contributed by atoms with Crippen molar-refractivity contribution in [1.82, 2.24) is 10.3 Å². The highest BCUT2D eigenvalue weighted by atomic mass is 16.1. The van der Waals surface area contributed by atoms with Crippen molar-refractivity contribution in [1.29, 1.82) is 5.41 Å². The molecule has 1 aromatic heterocycles. The highest BCUT2D eigenvalue weighted by molar-refractivity contribution is 6.13. The summed E-state index contributed by atoms with van der Waals surface area (Å²) >= 11 is 0. The van der Waals surface area contributed by atoms with E-state index in [4.69, 9.17) is 5.41 Å². The fraction of sp³-hybridized carbons (Fsp3) is 0.263. The Morgan fingerprint density at radius 1 is 1.35 bits per heavy atom. The van der Waals surface area contributed by atoms with Crippen molar-refractivity contribution in [2.75, 3.05) is 12.5 Å². The molecule has 5 N–H and O–H groups in total. The minimum atomic E-state index is -0.0977. The molecule has 2 aromatic rings. The molecule has 136 valence electrons. The molecule has 0 aliphatic heterocycles. The fourth-order valence-electron chi connectivity index (χ4n) is 2.57. The summed E-state index contributed by atoms with van der Waals surface area (Å²) in [6, 6.07) is 9.74. The number of carbonyl (C=O) groups excluding carboxylic acids is 1. The van der Waals surface area contributed by atoms with E-state index >= 15 is 0 Å². The van der Waals surface area contributed by atoms with Crippen LogP contribution in [-0.2, 0) is 4.79 Å². The predicted molar refractivity (Wildman–Crippen MR) is 106 cm³/mol. The SMILES string of the molecule is CNC(=O)C(/C=N\Nc1ccnc2ccccc12)=C(/C)C1CC1.N=CN. The highest BCUT2D eigenvalue weighted by Crippen LogP contribution is 2.37. The van der Waals surface area contributed by atoms with Crippen LogP contribution < -0.4 is 16.5 Å². The number of rotatable bonds is 5. The number of benzene rings is 1. The van der Waals surface area contributed by atoms with Gasteiger partial charge in [-0.3, -0.25) is 20.6 Å². The average Bonchev–Trinajstić information content (AvgIpc) is 3.50. The normalized spacial score (nSPS) is 14.2. The van der Waals surface area contributed by atoms with Gasteiger partial charge in [-0.2, -0.15) is 5.10 Å². The molecule has 1 aromatic carbocycles. The predicted octanol–water partition coefficient (Wildman–Crippen LogP) is 2.66. The number of nitrogens with one attached hydrogen (secondary N) is 3. The van der Waals surface area contributed by atoms with E-state index < -0.39 is 0 Å². The van der Waals surface area contributed by atoms with Crippen molar-refractivity contribution in [2.45, 2.75) is 19.8 Å². The van der Waals surface area contributed by atoms with Gasteiger partial charge >= 0.3 is 0 Å². The lowest BCUT2D eigenvalue weighted by atomic mass is 10.1. The fourth-order valence-corrected chi connectivity index (χ4v) is 2.57. The van der Waals surface area contributed by atoms with Crippen molar-refractivity contribution in [3.8, 4) is 0 Å². The van der Waals surface area contributed by atoms with Gasteiger partial charge in [-0.05, 0) is 37.8 Å². The van der Waals surface area contributed by atoms with Crippen LogP contribution in [0.5, 0.6) is 0 Å². The van der Waals surface area contributed by atoms with E-state index in [1.807, 2.05) is 37.3 Å². The van der Waals surface area contributed by atoms with Crippen molar-refractivity contribution in [3.05, 3.63) is 47.7 Å². The van der Waals surface area contributed by atoms with Crippen LogP contribution in [0.2, 0.25) is 0 Å². The van der Waals surface area contributed by atoms with Gasteiger partial charge in [0.15, 0.2) is 0 Å². The summed E-state index contributed by atoms with van der Waals surface area (Å²) in [4.78, 5) is 16.4. The smallest absolute Gasteiger partial charge is 0.252 e. The molecule has 1 aliphatic carbocycles. The molecule has 1 heterocycles. The van der Waals surface area contributed by atoms with Crippen molar-refractivity contribution in [2.24, 2.45) is 16.8 Å². The monoisotopic (exact) mass is 352 g/mol. The number of hydrazone groups is 1. The summed E-state index contributed by atoms with van der Waals surface area (Å²) in [5, 5.41) is 13.8. The Kier molecular flexibility index (Phi) is 6.84. The number of nitrogens with zero attached hydrogens (tertiary/aromatic N) is 2. The minimum Gasteiger partial charge on any atom is -0.390 e. The Bertz CT molecular complexity index is 834. The van der Waals surface area contributed by atoms with E-state index in [2.05, 4.69) is 26.6 Å². The maximum Gasteiger partial charge on any atom is 0.252 e. The van der Waals surface area contributed by atoms with Gasteiger partial charge < -0.3 is 11.1 Å². The van der Waals surface area contributed by atoms with E-state index in [-0.39, 0.29) is 5.91 Å². The van der Waals surface area contributed by atoms with Gasteiger partial charge in [0.25, 0.3) is 5.91 Å². The zero-order valence-corrected chi connectivity index (χ0v) is 15.0. The number of pyridine rings is 1. The maximum atomic E-state index is 12.0. The van der Waals surface area contributed by atoms with E-state index in [0.717, 1.165) is 41.3 Å². The van der Waals surface area contributed by atoms with Crippen LogP contribution in [0.1, 0.15) is 19.8 Å². The number of amides is 1. The lowest BCUT2D eigenvalue weighted by Gasteiger charge is -2.07. The molecule has 26 heavy (non-hydrogen) atoms. The number of fused-ring (bicyclic) bond motifs is 1. The molecule has 3 rings (SSSR count). The van der Waals surface area contributed by atoms with Crippen LogP contribution >= 0.6 is 0 Å². The van der Waals surface area contributed by atoms with Gasteiger partial charge in [-0.15, -0.1) is 0 Å². The average molecular weight is 352 g/mol. The first-order valence-electron chi connectivity index (χ1n) is 8.38. The molecule has 1 fully saturated rings. The Morgan fingerprint density at radius 2 is 2.04 bits per heavy atom. The largest absolute Gasteiger partial charge is 0.390 e. The molecule has 1 aliphatic rings. The van der Waals surface area contributed by atoms with E-state index in [9.17, 15) is 4.79 Å². The summed E-state index contributed by atoms with van der Waals surface area (Å²) in [5.41, 5.74) is 10.9. The number of allylic oxidation sites excluding steroid dienone is 1. The summed E-state index contributed by atoms with van der Waals surface area (Å²) in [6.45, 7) is 2.01. The third-order valence-electron chi connectivity index (χ3n) is 4.11. The Hall–Kier alpha value is -3.22. The standard InChI is InChI=1S/C18H20N4O.CH4N2/c1-12(13-7-8-13)15(18(23)19-2)11-21-22-17-9-10-20-16-6-4-3-5-14(16)17;2-1-3/h3-6,9-11,13H,7-8H2,1-2H3,(H,19,23)(H,20,22);1H,(H3,2,3)/b15-12-,21-11-;. The summed E-state index contributed by atoms with van der Waals surface area (Å²) in [5.74, 6) is 0.426. The van der Waals surface area contributed by atoms with E-state index in [1.54, 1.807) is 19.5 Å². The Labute approximate surface area is 152 Å². The van der Waals surface area contributed by atoms with Gasteiger partial charge in [-0.1, -0.05) is 23.8 Å². The molecule has 1 saturated carbocycles. The Morgan fingerprint density at radius 3 is 2.69 bits per heavy atom. The number of para-hydroxylation sites is 1. The van der Waals surface area contributed by atoms with E-state index in [1.165, 1.54) is 0 Å². The first kappa shape index (κ1) is 19.1. The first-order valence-corrected chi connectivity index (χ1v) is 8.38. The third kappa shape index (κ3) is 4.89. The van der Waals surface area contributed by atoms with Crippen molar-refractivity contribution < 1.29 is 4.79 Å². The summed E-state index contributed by atoms with van der Waals surface area (Å²) < 4.78 is 0. The quantitative estimate of drug-likeness (QED) is 0.286. The van der Waals surface area contributed by atoms with Gasteiger partial charge in [-0.25, -0.2) is 0 Å². The van der Waals surface area contributed by atoms with Crippen molar-refractivity contribution >= 4 is 35.1 Å². The molecule has 1 amide bonds. The molecule has 7 nitrogen and oxygen atoms in total. The number of likely N-dealkylation sites (N-methyl/N-ethyl adjacent to an activating group) is 1. The van der Waals surface area contributed by atoms with Crippen LogP contribution in [0.3, 0.4) is 0 Å². The number of anilines is 1. The molecule has 0 unspecified atom stereocenters. The zero-order valence-electron chi connectivity index (χ0n) is 15.0. The number of hydrogen-bond acceptors (Lipinski definition) is 5. The second kappa shape index (κ2) is 9.31. The number of hydrogen-bond donors (Lipinski definition) is 4. The molecule has 0 radical (unpaired) electrons. The number of carbonyl (C=O) groups is 1. The second-order valence-corrected chi connectivity index (χ2v) is 5.86. The second-order valence-electron chi connectivity index (χ2n) is 5.86. The molecular formula is C19H24N6O. The summed E-state index contributed by atoms with van der Waals surface area (Å²) in [7, 11) is 1.64. The third-order valence-corrected chi connectivity index (χ3v) is 4.11. The topological polar surface area (TPSA) is 116 Å². The minimum absolute atomic E-state index is 0.0977. The molecule has 0 spiro atoms. The molecule has 7 heteroatoms. The van der Waals surface area contributed by atoms with E-state index in [0.29, 0.717) is 11.5 Å². The van der Waals surface area contributed by atoms with Gasteiger partial charge in [0.05, 0.1) is 29.3 Å². The molecule has 0 saturated heterocycles.